The van der Waals surface area contributed by atoms with E-state index in [1.807, 2.05) is 0 Å². The summed E-state index contributed by atoms with van der Waals surface area (Å²) in [6.45, 7) is 11.7. The van der Waals surface area contributed by atoms with E-state index in [4.69, 9.17) is 17.1 Å². The molecule has 0 N–H and O–H groups in total. The van der Waals surface area contributed by atoms with Crippen molar-refractivity contribution in [2.24, 2.45) is 11.8 Å². The molecule has 7 heteroatoms. The first-order valence-electron chi connectivity index (χ1n) is 7.38. The van der Waals surface area contributed by atoms with Gasteiger partial charge < -0.3 is 0 Å². The van der Waals surface area contributed by atoms with Crippen LogP contribution in [0.2, 0.25) is 10.6 Å². The molecule has 0 fully saturated rings. The van der Waals surface area contributed by atoms with Gasteiger partial charge in [0.1, 0.15) is 0 Å². The maximum Gasteiger partial charge on any atom is 1.00 e. The third kappa shape index (κ3) is 34.3. The summed E-state index contributed by atoms with van der Waals surface area (Å²) in [4.78, 5) is 0. The molecule has 0 aromatic carbocycles. The Labute approximate surface area is 170 Å². The quantitative estimate of drug-likeness (QED) is 0.374. The first-order chi connectivity index (χ1) is 9.54. The van der Waals surface area contributed by atoms with Crippen LogP contribution in [0.1, 0.15) is 30.5 Å². The Bertz CT molecular complexity index is 169. The molecule has 0 spiro atoms. The molecule has 0 unspecified atom stereocenters. The molecule has 0 aliphatic carbocycles. The van der Waals surface area contributed by atoms with Gasteiger partial charge in [0.2, 0.25) is 0 Å². The molecular formula is C14H36Al2NaO4+3. The first kappa shape index (κ1) is 27.7. The van der Waals surface area contributed by atoms with Crippen molar-refractivity contribution in [1.82, 2.24) is 0 Å². The molecule has 120 valence electrons. The van der Waals surface area contributed by atoms with Crippen molar-refractivity contribution in [1.29, 1.82) is 0 Å². The topological polar surface area (TPSA) is 36.9 Å². The Hall–Kier alpha value is 1.90. The van der Waals surface area contributed by atoms with Crippen LogP contribution in [-0.2, 0) is 17.1 Å². The van der Waals surface area contributed by atoms with E-state index in [0.717, 1.165) is 27.1 Å². The van der Waals surface area contributed by atoms with E-state index in [1.54, 1.807) is 14.2 Å². The molecule has 0 atom stereocenters. The van der Waals surface area contributed by atoms with Gasteiger partial charge in [-0.1, -0.05) is 0 Å². The van der Waals surface area contributed by atoms with Crippen LogP contribution < -0.4 is 29.6 Å². The molecule has 21 heavy (non-hydrogen) atoms. The van der Waals surface area contributed by atoms with Gasteiger partial charge in [-0.3, -0.25) is 0 Å². The number of methoxy groups -OCH3 is 2. The van der Waals surface area contributed by atoms with E-state index in [-0.39, 0.29) is 48.3 Å². The number of hydrogen-bond donors (Lipinski definition) is 0. The molecule has 0 aromatic heterocycles. The van der Waals surface area contributed by atoms with Gasteiger partial charge >= 0.3 is 168 Å². The van der Waals surface area contributed by atoms with Crippen molar-refractivity contribution in [3.05, 3.63) is 0 Å². The van der Waals surface area contributed by atoms with Crippen LogP contribution in [0.3, 0.4) is 0 Å². The van der Waals surface area contributed by atoms with Gasteiger partial charge in [-0.2, -0.15) is 0 Å². The fourth-order valence-electron chi connectivity index (χ4n) is 1.17. The number of ether oxygens (including phenoxy) is 2. The zero-order valence-electron chi connectivity index (χ0n) is 15.2. The predicted octanol–water partition coefficient (Wildman–Crippen LogP) is 0.182. The van der Waals surface area contributed by atoms with E-state index in [9.17, 15) is 0 Å². The smallest absolute Gasteiger partial charge is 0 e. The van der Waals surface area contributed by atoms with Gasteiger partial charge in [0.05, 0.1) is 0 Å². The molecular weight excluding hydrogens is 309 g/mol. The summed E-state index contributed by atoms with van der Waals surface area (Å²) in [5.74, 6) is 1.86. The maximum absolute atomic E-state index is 5.10. The molecule has 0 rings (SSSR count). The van der Waals surface area contributed by atoms with E-state index in [1.165, 1.54) is 10.6 Å². The van der Waals surface area contributed by atoms with Crippen LogP contribution in [0.25, 0.3) is 0 Å². The Morgan fingerprint density at radius 3 is 1.43 bits per heavy atom. The summed E-state index contributed by atoms with van der Waals surface area (Å²) in [6, 6.07) is 0. The summed E-state index contributed by atoms with van der Waals surface area (Å²) in [7, 11) is 3.29. The minimum atomic E-state index is -0.349. The average molecular weight is 345 g/mol. The second-order valence-electron chi connectivity index (χ2n) is 5.37. The van der Waals surface area contributed by atoms with Gasteiger partial charge in [0.15, 0.2) is 0 Å². The summed E-state index contributed by atoms with van der Waals surface area (Å²) in [5.41, 5.74) is 0. The molecule has 4 nitrogen and oxygen atoms in total. The average Bonchev–Trinajstić information content (AvgIpc) is 2.38. The molecule has 0 bridgehead atoms. The maximum atomic E-state index is 5.10. The second kappa shape index (κ2) is 24.2. The van der Waals surface area contributed by atoms with Gasteiger partial charge in [0, 0.05) is 2.85 Å². The van der Waals surface area contributed by atoms with Crippen LogP contribution in [0.5, 0.6) is 0 Å². The van der Waals surface area contributed by atoms with Crippen LogP contribution in [-0.4, -0.2) is 71.8 Å². The summed E-state index contributed by atoms with van der Waals surface area (Å²) >= 11 is 0.406. The molecule has 0 aromatic rings. The van der Waals surface area contributed by atoms with Crippen LogP contribution in [0.4, 0.5) is 0 Å². The van der Waals surface area contributed by atoms with E-state index in [0.29, 0.717) is 26.4 Å². The zero-order valence-corrected chi connectivity index (χ0v) is 19.5. The fourth-order valence-corrected chi connectivity index (χ4v) is 3.18. The zero-order chi connectivity index (χ0) is 15.6. The molecule has 0 saturated heterocycles. The molecule has 0 saturated carbocycles. The SMILES string of the molecule is CC(C)[CH2][Al+][CH2]C(C)C.COCC[O][Al+][O]CCOC.[HH].[HH].[Na+]. The standard InChI is InChI=1S/2C4H9.2C3H7O2.2Al.Na.2H2/c2*1-4(2)3;2*1-5-3-2-4;;;;;/h2*4H,1H2,2-3H3;2*2-3H2,1H3;;;;2*1H/q;;2*-1;+1;+3;+1;;. The molecule has 0 heterocycles. The fraction of sp³-hybridized carbons (Fsp3) is 1.00. The van der Waals surface area contributed by atoms with E-state index < -0.39 is 0 Å². The Balaban J connectivity index is -0.0000000843. The number of rotatable bonds is 12. The second-order valence-corrected chi connectivity index (χ2v) is 7.75. The summed E-state index contributed by atoms with van der Waals surface area (Å²) < 4.78 is 19.8. The monoisotopic (exact) mass is 345 g/mol. The molecule has 0 aliphatic rings. The largest absolute Gasteiger partial charge is 1.00 e. The Morgan fingerprint density at radius 1 is 0.762 bits per heavy atom. The normalized spacial score (nSPS) is 9.52. The van der Waals surface area contributed by atoms with Crippen molar-refractivity contribution in [2.75, 3.05) is 40.6 Å². The minimum Gasteiger partial charge on any atom is 0 e. The summed E-state index contributed by atoms with van der Waals surface area (Å²) in [6.07, 6.45) is 0. The van der Waals surface area contributed by atoms with E-state index >= 15 is 0 Å². The van der Waals surface area contributed by atoms with Gasteiger partial charge in [-0.05, 0) is 0 Å². The van der Waals surface area contributed by atoms with Gasteiger partial charge in [-0.25, -0.2) is 0 Å². The molecule has 0 radical (unpaired) electrons. The van der Waals surface area contributed by atoms with Crippen molar-refractivity contribution in [3.8, 4) is 0 Å². The third-order valence-corrected chi connectivity index (χ3v) is 5.52. The van der Waals surface area contributed by atoms with Crippen molar-refractivity contribution >= 4 is 31.1 Å². The molecule has 0 aliphatic heterocycles. The Morgan fingerprint density at radius 2 is 1.14 bits per heavy atom. The Kier molecular flexibility index (Phi) is 31.9. The van der Waals surface area contributed by atoms with Crippen molar-refractivity contribution in [3.63, 3.8) is 0 Å². The third-order valence-electron chi connectivity index (χ3n) is 2.22. The van der Waals surface area contributed by atoms with E-state index in [2.05, 4.69) is 27.7 Å². The van der Waals surface area contributed by atoms with Crippen LogP contribution in [0.15, 0.2) is 0 Å². The van der Waals surface area contributed by atoms with Crippen LogP contribution >= 0.6 is 0 Å². The minimum absolute atomic E-state index is 0. The van der Waals surface area contributed by atoms with Crippen molar-refractivity contribution < 1.29 is 49.5 Å². The molecule has 0 amide bonds. The van der Waals surface area contributed by atoms with Crippen LogP contribution in [0, 0.1) is 11.8 Å². The predicted molar refractivity (Wildman–Crippen MR) is 90.7 cm³/mol. The van der Waals surface area contributed by atoms with Gasteiger partial charge in [-0.15, -0.1) is 0 Å². The summed E-state index contributed by atoms with van der Waals surface area (Å²) in [5, 5.41) is 2.97. The van der Waals surface area contributed by atoms with Gasteiger partial charge in [0.25, 0.3) is 0 Å². The number of hydrogen-bond acceptors (Lipinski definition) is 4. The van der Waals surface area contributed by atoms with Crippen molar-refractivity contribution in [2.45, 2.75) is 38.3 Å². The first-order valence-corrected chi connectivity index (χ1v) is 9.96.